The maximum atomic E-state index is 13.1. The van der Waals surface area contributed by atoms with E-state index in [9.17, 15) is 9.59 Å². The van der Waals surface area contributed by atoms with E-state index in [1.54, 1.807) is 0 Å². The lowest BCUT2D eigenvalue weighted by atomic mass is 9.73. The second-order valence-corrected chi connectivity index (χ2v) is 7.14. The molecule has 1 saturated heterocycles. The van der Waals surface area contributed by atoms with Gasteiger partial charge in [0, 0.05) is 12.1 Å². The summed E-state index contributed by atoms with van der Waals surface area (Å²) in [5.41, 5.74) is -0.660. The maximum absolute atomic E-state index is 13.1. The van der Waals surface area contributed by atoms with E-state index < -0.39 is 5.54 Å². The van der Waals surface area contributed by atoms with E-state index in [-0.39, 0.29) is 35.9 Å². The summed E-state index contributed by atoms with van der Waals surface area (Å²) in [6, 6.07) is 0.106. The zero-order valence-corrected chi connectivity index (χ0v) is 13.6. The van der Waals surface area contributed by atoms with Crippen molar-refractivity contribution in [2.24, 2.45) is 11.8 Å². The first-order chi connectivity index (χ1) is 9.26. The fraction of sp³-hybridized carbons (Fsp3) is 0.875. The highest BCUT2D eigenvalue weighted by Crippen LogP contribution is 2.45. The summed E-state index contributed by atoms with van der Waals surface area (Å²) in [6.07, 6.45) is 3.23. The Morgan fingerprint density at radius 3 is 1.80 bits per heavy atom. The zero-order valence-electron chi connectivity index (χ0n) is 13.6. The molecule has 0 unspecified atom stereocenters. The molecule has 4 heteroatoms. The lowest BCUT2D eigenvalue weighted by molar-refractivity contribution is -0.140. The Morgan fingerprint density at radius 2 is 1.50 bits per heavy atom. The van der Waals surface area contributed by atoms with E-state index in [2.05, 4.69) is 27.7 Å². The van der Waals surface area contributed by atoms with Gasteiger partial charge in [-0.15, -0.1) is 0 Å². The van der Waals surface area contributed by atoms with Crippen LogP contribution in [-0.4, -0.2) is 39.4 Å². The molecule has 0 aromatic carbocycles. The van der Waals surface area contributed by atoms with Crippen LogP contribution in [0.1, 0.15) is 60.8 Å². The Bertz CT molecular complexity index is 403. The maximum Gasteiger partial charge on any atom is 0.328 e. The Labute approximate surface area is 122 Å². The molecule has 0 spiro atoms. The molecule has 0 aromatic rings. The minimum absolute atomic E-state index is 0.00870. The summed E-state index contributed by atoms with van der Waals surface area (Å²) >= 11 is 0. The van der Waals surface area contributed by atoms with Gasteiger partial charge in [0.2, 0.25) is 0 Å². The van der Waals surface area contributed by atoms with Crippen molar-refractivity contribution in [3.05, 3.63) is 0 Å². The standard InChI is InChI=1S/C16H28N2O2/c1-10(2)16(11(3)4)14(19)17(12(5)6)15(20)18(16)13-8-7-9-13/h10-13H,7-9H2,1-6H3. The Kier molecular flexibility index (Phi) is 3.87. The van der Waals surface area contributed by atoms with Crippen molar-refractivity contribution in [1.82, 2.24) is 9.80 Å². The smallest absolute Gasteiger partial charge is 0.306 e. The van der Waals surface area contributed by atoms with E-state index in [0.717, 1.165) is 19.3 Å². The summed E-state index contributed by atoms with van der Waals surface area (Å²) in [5.74, 6) is 0.265. The van der Waals surface area contributed by atoms with Crippen molar-refractivity contribution in [1.29, 1.82) is 0 Å². The average Bonchev–Trinajstić information content (AvgIpc) is 2.46. The number of carbonyl (C=O) groups is 2. The largest absolute Gasteiger partial charge is 0.328 e. The Hall–Kier alpha value is -1.06. The van der Waals surface area contributed by atoms with Crippen LogP contribution in [-0.2, 0) is 4.79 Å². The third-order valence-electron chi connectivity index (χ3n) is 5.09. The van der Waals surface area contributed by atoms with Gasteiger partial charge in [-0.25, -0.2) is 4.79 Å². The van der Waals surface area contributed by atoms with Gasteiger partial charge in [-0.2, -0.15) is 0 Å². The lowest BCUT2D eigenvalue weighted by Gasteiger charge is -2.48. The first-order valence-electron chi connectivity index (χ1n) is 7.93. The molecule has 114 valence electrons. The number of carbonyl (C=O) groups excluding carboxylic acids is 2. The molecule has 1 aliphatic carbocycles. The van der Waals surface area contributed by atoms with Crippen molar-refractivity contribution in [2.75, 3.05) is 0 Å². The highest BCUT2D eigenvalue weighted by Gasteiger charge is 2.63. The number of rotatable bonds is 4. The van der Waals surface area contributed by atoms with Crippen molar-refractivity contribution in [2.45, 2.75) is 78.4 Å². The van der Waals surface area contributed by atoms with Gasteiger partial charge >= 0.3 is 6.03 Å². The van der Waals surface area contributed by atoms with E-state index in [1.165, 1.54) is 4.90 Å². The van der Waals surface area contributed by atoms with Gasteiger partial charge < -0.3 is 4.90 Å². The van der Waals surface area contributed by atoms with Crippen LogP contribution in [0.15, 0.2) is 0 Å². The molecular weight excluding hydrogens is 252 g/mol. The minimum Gasteiger partial charge on any atom is -0.306 e. The van der Waals surface area contributed by atoms with Crippen molar-refractivity contribution in [3.8, 4) is 0 Å². The summed E-state index contributed by atoms with van der Waals surface area (Å²) in [5, 5.41) is 0. The minimum atomic E-state index is -0.660. The molecule has 0 atom stereocenters. The van der Waals surface area contributed by atoms with Crippen LogP contribution in [0.2, 0.25) is 0 Å². The molecule has 3 amide bonds. The molecule has 1 heterocycles. The van der Waals surface area contributed by atoms with Crippen LogP contribution in [0, 0.1) is 11.8 Å². The number of imide groups is 1. The third kappa shape index (κ3) is 1.80. The predicted octanol–water partition coefficient (Wildman–Crippen LogP) is 3.26. The van der Waals surface area contributed by atoms with E-state index >= 15 is 0 Å². The van der Waals surface area contributed by atoms with Crippen molar-refractivity contribution < 1.29 is 9.59 Å². The van der Waals surface area contributed by atoms with E-state index in [0.29, 0.717) is 0 Å². The summed E-state index contributed by atoms with van der Waals surface area (Å²) < 4.78 is 0. The highest BCUT2D eigenvalue weighted by molar-refractivity contribution is 6.07. The Balaban J connectivity index is 2.54. The number of urea groups is 1. The van der Waals surface area contributed by atoms with Gasteiger partial charge in [0.15, 0.2) is 0 Å². The molecule has 2 aliphatic rings. The topological polar surface area (TPSA) is 40.6 Å². The molecule has 1 aliphatic heterocycles. The molecular formula is C16H28N2O2. The highest BCUT2D eigenvalue weighted by atomic mass is 16.2. The van der Waals surface area contributed by atoms with Crippen molar-refractivity contribution in [3.63, 3.8) is 0 Å². The quantitative estimate of drug-likeness (QED) is 0.742. The first-order valence-corrected chi connectivity index (χ1v) is 7.93. The SMILES string of the molecule is CC(C)N1C(=O)N(C2CCC2)C(C(C)C)(C(C)C)C1=O. The second kappa shape index (κ2) is 5.05. The fourth-order valence-electron chi connectivity index (χ4n) is 3.93. The van der Waals surface area contributed by atoms with Crippen molar-refractivity contribution >= 4 is 11.9 Å². The molecule has 2 fully saturated rings. The molecule has 1 saturated carbocycles. The van der Waals surface area contributed by atoms with Gasteiger partial charge in [-0.1, -0.05) is 27.7 Å². The van der Waals surface area contributed by atoms with Gasteiger partial charge in [0.05, 0.1) is 0 Å². The lowest BCUT2D eigenvalue weighted by Crippen LogP contribution is -2.61. The second-order valence-electron chi connectivity index (χ2n) is 7.14. The normalized spacial score (nSPS) is 23.4. The third-order valence-corrected chi connectivity index (χ3v) is 5.09. The molecule has 0 aromatic heterocycles. The van der Waals surface area contributed by atoms with Gasteiger partial charge in [0.25, 0.3) is 5.91 Å². The molecule has 0 bridgehead atoms. The Morgan fingerprint density at radius 1 is 1.00 bits per heavy atom. The number of hydrogen-bond acceptors (Lipinski definition) is 2. The summed E-state index contributed by atoms with van der Waals surface area (Å²) in [6.45, 7) is 12.1. The molecule has 20 heavy (non-hydrogen) atoms. The number of hydrogen-bond donors (Lipinski definition) is 0. The van der Waals surface area contributed by atoms with Crippen LogP contribution in [0.25, 0.3) is 0 Å². The number of amides is 3. The van der Waals surface area contributed by atoms with Crippen LogP contribution in [0.3, 0.4) is 0 Å². The van der Waals surface area contributed by atoms with Crippen LogP contribution < -0.4 is 0 Å². The molecule has 2 rings (SSSR count). The summed E-state index contributed by atoms with van der Waals surface area (Å²) in [7, 11) is 0. The average molecular weight is 280 g/mol. The van der Waals surface area contributed by atoms with Crippen LogP contribution in [0.5, 0.6) is 0 Å². The van der Waals surface area contributed by atoms with E-state index in [4.69, 9.17) is 0 Å². The number of nitrogens with zero attached hydrogens (tertiary/aromatic N) is 2. The monoisotopic (exact) mass is 280 g/mol. The zero-order chi connectivity index (χ0) is 15.2. The van der Waals surface area contributed by atoms with Gasteiger partial charge in [0.1, 0.15) is 5.54 Å². The van der Waals surface area contributed by atoms with Crippen LogP contribution in [0.4, 0.5) is 4.79 Å². The molecule has 0 N–H and O–H groups in total. The predicted molar refractivity (Wildman–Crippen MR) is 79.3 cm³/mol. The first kappa shape index (κ1) is 15.3. The fourth-order valence-corrected chi connectivity index (χ4v) is 3.93. The van der Waals surface area contributed by atoms with Gasteiger partial charge in [-0.3, -0.25) is 9.69 Å². The summed E-state index contributed by atoms with van der Waals surface area (Å²) in [4.78, 5) is 29.4. The van der Waals surface area contributed by atoms with Gasteiger partial charge in [-0.05, 0) is 44.9 Å². The van der Waals surface area contributed by atoms with Crippen LogP contribution >= 0.6 is 0 Å². The van der Waals surface area contributed by atoms with E-state index in [1.807, 2.05) is 18.7 Å². The molecule has 0 radical (unpaired) electrons. The molecule has 4 nitrogen and oxygen atoms in total.